The molecule has 2 aromatic carbocycles. The number of benzene rings is 2. The van der Waals surface area contributed by atoms with E-state index in [0.717, 1.165) is 42.6 Å². The quantitative estimate of drug-likeness (QED) is 0.231. The molecule has 3 rings (SSSR count). The van der Waals surface area contributed by atoms with Gasteiger partial charge in [0.05, 0.1) is 24.6 Å². The van der Waals surface area contributed by atoms with Gasteiger partial charge in [0.15, 0.2) is 0 Å². The van der Waals surface area contributed by atoms with Gasteiger partial charge in [0.25, 0.3) is 0 Å². The molecule has 0 saturated heterocycles. The van der Waals surface area contributed by atoms with Crippen LogP contribution in [0.1, 0.15) is 76.3 Å². The van der Waals surface area contributed by atoms with Crippen molar-refractivity contribution in [3.63, 3.8) is 0 Å². The summed E-state index contributed by atoms with van der Waals surface area (Å²) < 4.78 is 5.55. The number of rotatable bonds is 15. The smallest absolute Gasteiger partial charge is 0.417 e. The van der Waals surface area contributed by atoms with Crippen LogP contribution in [0.4, 0.5) is 4.79 Å². The average Bonchev–Trinajstić information content (AvgIpc) is 3.00. The normalized spacial score (nSPS) is 16.4. The van der Waals surface area contributed by atoms with Crippen molar-refractivity contribution in [1.82, 2.24) is 10.2 Å². The van der Waals surface area contributed by atoms with Crippen molar-refractivity contribution in [3.05, 3.63) is 71.8 Å². The Morgan fingerprint density at radius 2 is 1.55 bits per heavy atom. The Bertz CT molecular complexity index is 1200. The van der Waals surface area contributed by atoms with Crippen LogP contribution in [0.2, 0.25) is 0 Å². The lowest BCUT2D eigenvalue weighted by atomic mass is 9.83. The molecule has 1 aliphatic rings. The number of imide groups is 1. The summed E-state index contributed by atoms with van der Waals surface area (Å²) in [5.41, 5.74) is 7.85. The Balaban J connectivity index is 1.90. The van der Waals surface area contributed by atoms with E-state index in [1.54, 1.807) is 24.3 Å². The number of hydrogen-bond donors (Lipinski definition) is 4. The zero-order chi connectivity index (χ0) is 32.1. The number of carbonyl (C=O) groups excluding carboxylic acids is 3. The first-order valence-corrected chi connectivity index (χ1v) is 15.6. The fraction of sp³-hybridized carbons (Fsp3) is 0.529. The minimum Gasteiger partial charge on any atom is -0.481 e. The number of amides is 3. The summed E-state index contributed by atoms with van der Waals surface area (Å²) >= 11 is 0. The van der Waals surface area contributed by atoms with Crippen LogP contribution in [0.5, 0.6) is 0 Å². The summed E-state index contributed by atoms with van der Waals surface area (Å²) in [5, 5.41) is 23.1. The van der Waals surface area contributed by atoms with Crippen LogP contribution < -0.4 is 11.1 Å². The van der Waals surface area contributed by atoms with Crippen molar-refractivity contribution >= 4 is 23.9 Å². The van der Waals surface area contributed by atoms with E-state index in [1.165, 1.54) is 0 Å². The second-order valence-corrected chi connectivity index (χ2v) is 12.2. The highest BCUT2D eigenvalue weighted by Crippen LogP contribution is 2.29. The zero-order valence-corrected chi connectivity index (χ0v) is 25.8. The maximum Gasteiger partial charge on any atom is 0.417 e. The second-order valence-electron chi connectivity index (χ2n) is 12.2. The van der Waals surface area contributed by atoms with Crippen LogP contribution in [0.15, 0.2) is 60.7 Å². The lowest BCUT2D eigenvalue weighted by Crippen LogP contribution is -2.59. The van der Waals surface area contributed by atoms with Gasteiger partial charge in [-0.05, 0) is 42.2 Å². The van der Waals surface area contributed by atoms with E-state index < -0.39 is 54.5 Å². The molecule has 0 heterocycles. The third-order valence-electron chi connectivity index (χ3n) is 8.05. The number of aliphatic hydroxyl groups is 1. The van der Waals surface area contributed by atoms with Gasteiger partial charge in [0.2, 0.25) is 11.8 Å². The van der Waals surface area contributed by atoms with Crippen LogP contribution in [0.25, 0.3) is 0 Å². The van der Waals surface area contributed by atoms with Crippen LogP contribution >= 0.6 is 0 Å². The van der Waals surface area contributed by atoms with E-state index in [2.05, 4.69) is 5.32 Å². The number of nitrogens with two attached hydrogens (primary N) is 1. The van der Waals surface area contributed by atoms with Crippen molar-refractivity contribution in [1.29, 1.82) is 0 Å². The van der Waals surface area contributed by atoms with Gasteiger partial charge in [-0.3, -0.25) is 14.4 Å². The fourth-order valence-corrected chi connectivity index (χ4v) is 5.76. The van der Waals surface area contributed by atoms with Gasteiger partial charge in [-0.25, -0.2) is 9.69 Å². The Hall–Kier alpha value is -3.76. The average molecular weight is 610 g/mol. The van der Waals surface area contributed by atoms with Gasteiger partial charge in [0.1, 0.15) is 12.6 Å². The molecular weight excluding hydrogens is 562 g/mol. The summed E-state index contributed by atoms with van der Waals surface area (Å²) in [6, 6.07) is 14.8. The number of carboxylic acid groups (broad SMARTS) is 1. The molecule has 1 saturated carbocycles. The van der Waals surface area contributed by atoms with Crippen LogP contribution in [-0.4, -0.2) is 63.2 Å². The molecule has 4 atom stereocenters. The molecule has 44 heavy (non-hydrogen) atoms. The number of nitrogens with one attached hydrogen (secondary N) is 1. The Morgan fingerprint density at radius 1 is 0.955 bits per heavy atom. The van der Waals surface area contributed by atoms with Crippen molar-refractivity contribution in [2.75, 3.05) is 0 Å². The number of nitrogens with zero attached hydrogens (tertiary/aromatic N) is 1. The van der Waals surface area contributed by atoms with E-state index in [9.17, 15) is 29.4 Å². The van der Waals surface area contributed by atoms with E-state index >= 15 is 0 Å². The standard InChI is InChI=1S/C34H47N3O7/c1-23(2)18-29(32(41)36-28(30(38)21-31(39)40)20-25-14-8-4-9-15-25)37(34(43)44-22-26-16-10-5-11-17-26)33(42)27(35)19-24-12-6-3-7-13-24/h3,5-7,10-13,16-17,23,25,27-30,38H,4,8-9,14-15,18-22,35H2,1-2H3,(H,36,41)(H,39,40)/t27-,28-,29-,30-/m0/s1. The lowest BCUT2D eigenvalue weighted by Gasteiger charge is -2.34. The maximum atomic E-state index is 14.0. The monoisotopic (exact) mass is 609 g/mol. The summed E-state index contributed by atoms with van der Waals surface area (Å²) in [4.78, 5) is 53.8. The van der Waals surface area contributed by atoms with Gasteiger partial charge < -0.3 is 26.0 Å². The highest BCUT2D eigenvalue weighted by Gasteiger charge is 2.40. The van der Waals surface area contributed by atoms with Gasteiger partial charge in [-0.1, -0.05) is 107 Å². The molecule has 240 valence electrons. The summed E-state index contributed by atoms with van der Waals surface area (Å²) in [5.74, 6) is -2.52. The molecule has 0 bridgehead atoms. The number of aliphatic hydroxyl groups excluding tert-OH is 1. The Morgan fingerprint density at radius 3 is 2.11 bits per heavy atom. The highest BCUT2D eigenvalue weighted by atomic mass is 16.6. The predicted molar refractivity (Wildman–Crippen MR) is 166 cm³/mol. The number of ether oxygens (including phenoxy) is 1. The summed E-state index contributed by atoms with van der Waals surface area (Å²) in [6.07, 6.45) is 2.79. The minimum atomic E-state index is -1.34. The SMILES string of the molecule is CC(C)C[C@@H](C(=O)N[C@@H](CC1CCCCC1)[C@@H](O)CC(=O)O)N(C(=O)OCc1ccccc1)C(=O)[C@@H](N)Cc1ccccc1. The van der Waals surface area contributed by atoms with Crippen LogP contribution in [0.3, 0.4) is 0 Å². The van der Waals surface area contributed by atoms with Gasteiger partial charge >= 0.3 is 12.1 Å². The van der Waals surface area contributed by atoms with E-state index in [4.69, 9.17) is 10.5 Å². The molecule has 0 unspecified atom stereocenters. The molecule has 0 aliphatic heterocycles. The molecule has 0 aromatic heterocycles. The molecule has 5 N–H and O–H groups in total. The van der Waals surface area contributed by atoms with Gasteiger partial charge in [-0.2, -0.15) is 0 Å². The van der Waals surface area contributed by atoms with Crippen molar-refractivity contribution in [2.45, 2.75) is 102 Å². The van der Waals surface area contributed by atoms with Gasteiger partial charge in [0, 0.05) is 0 Å². The van der Waals surface area contributed by atoms with E-state index in [-0.39, 0.29) is 31.3 Å². The van der Waals surface area contributed by atoms with E-state index in [1.807, 2.05) is 50.2 Å². The number of carboxylic acids is 1. The number of aliphatic carboxylic acids is 1. The highest BCUT2D eigenvalue weighted by molar-refractivity contribution is 6.00. The molecule has 1 aliphatic carbocycles. The third kappa shape index (κ3) is 11.1. The molecule has 10 nitrogen and oxygen atoms in total. The lowest BCUT2D eigenvalue weighted by molar-refractivity contribution is -0.142. The number of carbonyl (C=O) groups is 4. The first kappa shape index (κ1) is 34.7. The van der Waals surface area contributed by atoms with Crippen molar-refractivity contribution < 1.29 is 34.1 Å². The van der Waals surface area contributed by atoms with E-state index in [0.29, 0.717) is 12.0 Å². The molecular formula is C34H47N3O7. The summed E-state index contributed by atoms with van der Waals surface area (Å²) in [6.45, 7) is 3.61. The largest absolute Gasteiger partial charge is 0.481 e. The Kier molecular flexibility index (Phi) is 13.8. The Labute approximate surface area is 260 Å². The second kappa shape index (κ2) is 17.5. The number of hydrogen-bond acceptors (Lipinski definition) is 7. The zero-order valence-electron chi connectivity index (χ0n) is 25.8. The summed E-state index contributed by atoms with van der Waals surface area (Å²) in [7, 11) is 0. The van der Waals surface area contributed by atoms with Crippen molar-refractivity contribution in [2.24, 2.45) is 17.6 Å². The minimum absolute atomic E-state index is 0.112. The molecule has 2 aromatic rings. The molecule has 0 radical (unpaired) electrons. The van der Waals surface area contributed by atoms with Crippen LogP contribution in [0, 0.1) is 11.8 Å². The van der Waals surface area contributed by atoms with Gasteiger partial charge in [-0.15, -0.1) is 0 Å². The van der Waals surface area contributed by atoms with Crippen molar-refractivity contribution in [3.8, 4) is 0 Å². The maximum absolute atomic E-state index is 14.0. The molecule has 3 amide bonds. The molecule has 0 spiro atoms. The predicted octanol–water partition coefficient (Wildman–Crippen LogP) is 4.43. The first-order chi connectivity index (χ1) is 21.0. The topological polar surface area (TPSA) is 159 Å². The molecule has 10 heteroatoms. The fourth-order valence-electron chi connectivity index (χ4n) is 5.76. The van der Waals surface area contributed by atoms with Crippen LogP contribution in [-0.2, 0) is 32.1 Å². The molecule has 1 fully saturated rings. The first-order valence-electron chi connectivity index (χ1n) is 15.6. The third-order valence-corrected chi connectivity index (χ3v) is 8.05.